The molecule has 12 rings (SSSR count). The smallest absolute Gasteiger partial charge is 0.211 e. The fraction of sp³-hybridized carbons (Fsp3) is 1.00. The summed E-state index contributed by atoms with van der Waals surface area (Å²) in [6.45, 7) is 69.2. The SMILES string of the molecule is CC(C)C1CC2CCCN2C1.CC(C)C1CCCC1.CC(C)C1CCN(C)C1.CC(C)C1CCN(S(C)(=O)=O)C1.CC(C)C1COC2(CC2)C1.CC(C)N1CCCC1.CC(C)N1CCCCC1.CC(C)N1CCCCC1.CC(C)N1CCN(C)CC1.CC(C)N1CCN(S(C)(=O)=O)CC1. The second-order valence-electron chi connectivity index (χ2n) is 35.9. The van der Waals surface area contributed by atoms with Crippen LogP contribution in [0.3, 0.4) is 0 Å². The molecule has 17 heteroatoms. The third-order valence-electron chi connectivity index (χ3n) is 24.6. The lowest BCUT2D eigenvalue weighted by atomic mass is 9.92. The summed E-state index contributed by atoms with van der Waals surface area (Å²) >= 11 is 0. The summed E-state index contributed by atoms with van der Waals surface area (Å²) in [6.07, 6.45) is 30.8. The molecule has 0 radical (unpaired) electrons. The van der Waals surface area contributed by atoms with Crippen LogP contribution in [0.5, 0.6) is 0 Å². The molecule has 12 aliphatic rings. The fourth-order valence-electron chi connectivity index (χ4n) is 16.2. The van der Waals surface area contributed by atoms with Crippen molar-refractivity contribution >= 4 is 20.0 Å². The summed E-state index contributed by atoms with van der Waals surface area (Å²) in [6, 6.07) is 4.53. The molecule has 10 heterocycles. The molecule has 99 heavy (non-hydrogen) atoms. The Kier molecular flexibility index (Phi) is 44.9. The van der Waals surface area contributed by atoms with Gasteiger partial charge in [-0.25, -0.2) is 21.1 Å². The van der Waals surface area contributed by atoms with E-state index in [1.54, 1.807) is 8.61 Å². The molecule has 0 amide bonds. The van der Waals surface area contributed by atoms with E-state index in [0.29, 0.717) is 43.1 Å². The van der Waals surface area contributed by atoms with E-state index in [2.05, 4.69) is 192 Å². The maximum absolute atomic E-state index is 11.2. The Balaban J connectivity index is 0.000000287. The Morgan fingerprint density at radius 2 is 0.697 bits per heavy atom. The van der Waals surface area contributed by atoms with E-state index < -0.39 is 20.0 Å². The summed E-state index contributed by atoms with van der Waals surface area (Å²) in [5.41, 5.74) is 0.398. The summed E-state index contributed by atoms with van der Waals surface area (Å²) in [5.74, 6) is 8.58. The molecule has 0 aromatic rings. The molecule has 1 spiro atoms. The summed E-state index contributed by atoms with van der Waals surface area (Å²) in [4.78, 5) is 20.0. The van der Waals surface area contributed by atoms with Crippen LogP contribution in [0.25, 0.3) is 0 Å². The van der Waals surface area contributed by atoms with Crippen LogP contribution in [0.2, 0.25) is 0 Å². The van der Waals surface area contributed by atoms with Gasteiger partial charge in [0.05, 0.1) is 24.7 Å². The first-order chi connectivity index (χ1) is 46.4. The van der Waals surface area contributed by atoms with Gasteiger partial charge in [0.2, 0.25) is 20.0 Å². The lowest BCUT2D eigenvalue weighted by Gasteiger charge is -2.35. The van der Waals surface area contributed by atoms with E-state index in [4.69, 9.17) is 4.74 Å². The molecule has 12 fully saturated rings. The number of sulfonamides is 2. The van der Waals surface area contributed by atoms with Crippen molar-refractivity contribution in [3.05, 3.63) is 0 Å². The third kappa shape index (κ3) is 37.7. The zero-order valence-corrected chi connectivity index (χ0v) is 71.7. The number of ether oxygens (including phenoxy) is 1. The fourth-order valence-corrected chi connectivity index (χ4v) is 17.9. The van der Waals surface area contributed by atoms with Gasteiger partial charge in [-0.2, -0.15) is 4.31 Å². The van der Waals surface area contributed by atoms with Gasteiger partial charge >= 0.3 is 0 Å². The van der Waals surface area contributed by atoms with Gasteiger partial charge in [0.15, 0.2) is 0 Å². The largest absolute Gasteiger partial charge is 0.375 e. The van der Waals surface area contributed by atoms with Crippen molar-refractivity contribution < 1.29 is 21.6 Å². The second kappa shape index (κ2) is 48.0. The van der Waals surface area contributed by atoms with Crippen LogP contribution in [0.4, 0.5) is 0 Å². The second-order valence-corrected chi connectivity index (χ2v) is 39.9. The van der Waals surface area contributed by atoms with Crippen LogP contribution >= 0.6 is 0 Å². The predicted molar refractivity (Wildman–Crippen MR) is 429 cm³/mol. The minimum Gasteiger partial charge on any atom is -0.375 e. The highest BCUT2D eigenvalue weighted by atomic mass is 32.2. The number of nitrogens with zero attached hydrogens (tertiary/aromatic N) is 10. The average molecular weight is 1440 g/mol. The van der Waals surface area contributed by atoms with Gasteiger partial charge < -0.3 is 34.1 Å². The van der Waals surface area contributed by atoms with E-state index >= 15 is 0 Å². The number of likely N-dealkylation sites (N-methyl/N-ethyl adjacent to an activating group) is 1. The first-order valence-corrected chi connectivity index (χ1v) is 45.5. The first-order valence-electron chi connectivity index (χ1n) is 41.8. The topological polar surface area (TPSA) is 110 Å². The van der Waals surface area contributed by atoms with Crippen molar-refractivity contribution in [3.63, 3.8) is 0 Å². The van der Waals surface area contributed by atoms with Crippen LogP contribution in [0, 0.1) is 59.2 Å². The normalized spacial score (nSPS) is 27.1. The number of rotatable bonds is 12. The standard InChI is InChI=1S/C10H19N.C9H16O.C8H18N2O2S.C8H18N2.C8H17NO2S.3C8H17N.C8H16.C7H15N/c1-8(2)9-6-10-4-3-5-11(10)7-9;1-7(2)8-5-9(3-4-9)10-6-8;1-8(2)9-4-6-10(7-5-9)13(3,11)12;1-8(2)10-6-4-9(3)5-7-10;1-7(2)8-4-5-9(6-8)12(3,10)11;1-7(2)8-4-5-9(3)6-8;2*1-8(2)9-6-4-3-5-7-9;2*1-7(2)8-5-3-4-6-8/h8-10H,3-7H2,1-2H3;7-8H,3-6H2,1-2H3;8H,4-7H2,1-3H3;8H,4-7H2,1-3H3;7-8H,4-6H2,1-3H3;7-8H,4-6H2,1-3H3;2*8H,3-7H2,1-2H3;7-8H,3-6H2,1-2H3;7H,3-6H2,1-2H3. The summed E-state index contributed by atoms with van der Waals surface area (Å²) in [5, 5.41) is 0. The van der Waals surface area contributed by atoms with Crippen LogP contribution in [0.1, 0.15) is 267 Å². The molecule has 10 aliphatic heterocycles. The Labute approximate surface area is 618 Å². The monoisotopic (exact) mass is 1440 g/mol. The highest BCUT2D eigenvalue weighted by Crippen LogP contribution is 2.50. The van der Waals surface area contributed by atoms with Crippen LogP contribution in [0.15, 0.2) is 0 Å². The minimum atomic E-state index is -2.97. The molecule has 2 aliphatic carbocycles. The molecule has 10 saturated heterocycles. The maximum Gasteiger partial charge on any atom is 0.211 e. The number of piperazine rings is 2. The van der Waals surface area contributed by atoms with Crippen molar-refractivity contribution in [1.29, 1.82) is 0 Å². The zero-order chi connectivity index (χ0) is 74.2. The maximum atomic E-state index is 11.2. The molecule has 0 bridgehead atoms. The first kappa shape index (κ1) is 92.7. The molecule has 0 aromatic heterocycles. The van der Waals surface area contributed by atoms with Crippen molar-refractivity contribution in [3.8, 4) is 0 Å². The molecule has 5 unspecified atom stereocenters. The van der Waals surface area contributed by atoms with Crippen molar-refractivity contribution in [2.24, 2.45) is 59.2 Å². The van der Waals surface area contributed by atoms with Gasteiger partial charge in [0.1, 0.15) is 0 Å². The van der Waals surface area contributed by atoms with Gasteiger partial charge in [-0.05, 0) is 285 Å². The van der Waals surface area contributed by atoms with Gasteiger partial charge in [0.25, 0.3) is 0 Å². The molecule has 0 N–H and O–H groups in total. The summed E-state index contributed by atoms with van der Waals surface area (Å²) in [7, 11) is -1.50. The van der Waals surface area contributed by atoms with Crippen LogP contribution in [-0.2, 0) is 24.8 Å². The van der Waals surface area contributed by atoms with E-state index in [1.807, 2.05) is 0 Å². The van der Waals surface area contributed by atoms with E-state index in [9.17, 15) is 16.8 Å². The Morgan fingerprint density at radius 1 is 0.323 bits per heavy atom. The number of piperidine rings is 2. The summed E-state index contributed by atoms with van der Waals surface area (Å²) < 4.78 is 53.4. The Bertz CT molecular complexity index is 2180. The minimum absolute atomic E-state index is 0.398. The number of hydrogen-bond acceptors (Lipinski definition) is 13. The Morgan fingerprint density at radius 3 is 0.980 bits per heavy atom. The average Bonchev–Trinajstić information content (AvgIpc) is 1.63. The lowest BCUT2D eigenvalue weighted by Crippen LogP contribution is -2.50. The number of hydrogen-bond donors (Lipinski definition) is 0. The molecule has 590 valence electrons. The zero-order valence-electron chi connectivity index (χ0n) is 70.1. The molecular formula is C82H170N10O5S2. The highest BCUT2D eigenvalue weighted by Gasteiger charge is 2.50. The lowest BCUT2D eigenvalue weighted by molar-refractivity contribution is 0.0852. The van der Waals surface area contributed by atoms with Crippen LogP contribution in [-0.4, -0.2) is 271 Å². The van der Waals surface area contributed by atoms with E-state index in [1.165, 1.54) is 226 Å². The molecule has 15 nitrogen and oxygen atoms in total. The van der Waals surface area contributed by atoms with Crippen molar-refractivity contribution in [1.82, 2.24) is 47.8 Å². The predicted octanol–water partition coefficient (Wildman–Crippen LogP) is 15.6. The van der Waals surface area contributed by atoms with Gasteiger partial charge in [-0.15, -0.1) is 0 Å². The van der Waals surface area contributed by atoms with Crippen molar-refractivity contribution in [2.45, 2.75) is 309 Å². The quantitative estimate of drug-likeness (QED) is 0.185. The van der Waals surface area contributed by atoms with Crippen molar-refractivity contribution in [2.75, 3.05) is 164 Å². The molecular weight excluding hydrogens is 1270 g/mol. The van der Waals surface area contributed by atoms with Crippen LogP contribution < -0.4 is 0 Å². The number of likely N-dealkylation sites (tertiary alicyclic amines) is 4. The molecule has 5 atom stereocenters. The Hall–Kier alpha value is -0.540. The van der Waals surface area contributed by atoms with Gasteiger partial charge in [-0.3, -0.25) is 9.80 Å². The van der Waals surface area contributed by atoms with Gasteiger partial charge in [0, 0.05) is 115 Å². The van der Waals surface area contributed by atoms with E-state index in [0.717, 1.165) is 110 Å². The number of fused-ring (bicyclic) bond motifs is 1. The third-order valence-corrected chi connectivity index (χ3v) is 27.2. The highest BCUT2D eigenvalue weighted by molar-refractivity contribution is 7.88. The molecule has 2 saturated carbocycles. The van der Waals surface area contributed by atoms with E-state index in [-0.39, 0.29) is 0 Å². The van der Waals surface area contributed by atoms with Gasteiger partial charge in [-0.1, -0.05) is 108 Å². The molecule has 0 aromatic carbocycles.